The van der Waals surface area contributed by atoms with Gasteiger partial charge in [0, 0.05) is 11.7 Å². The lowest BCUT2D eigenvalue weighted by Gasteiger charge is -2.29. The molecule has 0 saturated heterocycles. The third kappa shape index (κ3) is 1.80. The highest BCUT2D eigenvalue weighted by Crippen LogP contribution is 2.29. The number of nitrogens with one attached hydrogen (secondary N) is 1. The summed E-state index contributed by atoms with van der Waals surface area (Å²) in [6.07, 6.45) is 3.93. The minimum absolute atomic E-state index is 0.0378. The number of nitrogens with zero attached hydrogens (tertiary/aromatic N) is 2. The second-order valence-corrected chi connectivity index (χ2v) is 5.18. The second kappa shape index (κ2) is 4.26. The van der Waals surface area contributed by atoms with Gasteiger partial charge in [-0.25, -0.2) is 4.98 Å². The molecule has 0 aliphatic heterocycles. The van der Waals surface area contributed by atoms with Crippen LogP contribution in [0.4, 0.5) is 0 Å². The van der Waals surface area contributed by atoms with E-state index < -0.39 is 0 Å². The lowest BCUT2D eigenvalue weighted by molar-refractivity contribution is 0.298. The summed E-state index contributed by atoms with van der Waals surface area (Å²) in [6, 6.07) is 2.01. The first-order valence-electron chi connectivity index (χ1n) is 6.10. The van der Waals surface area contributed by atoms with Gasteiger partial charge in [0.2, 0.25) is 0 Å². The van der Waals surface area contributed by atoms with E-state index in [1.807, 2.05) is 12.3 Å². The fourth-order valence-electron chi connectivity index (χ4n) is 2.19. The van der Waals surface area contributed by atoms with Gasteiger partial charge in [0.15, 0.2) is 10.4 Å². The average molecular weight is 249 g/mol. The van der Waals surface area contributed by atoms with Crippen LogP contribution in [0, 0.1) is 11.7 Å². The maximum Gasteiger partial charge on any atom is 0.179 e. The van der Waals surface area contributed by atoms with Crippen molar-refractivity contribution in [1.29, 1.82) is 0 Å². The van der Waals surface area contributed by atoms with Crippen LogP contribution in [0.15, 0.2) is 12.3 Å². The number of hydrogen-bond donors (Lipinski definition) is 1. The maximum atomic E-state index is 5.46. The molecule has 2 aromatic heterocycles. The van der Waals surface area contributed by atoms with Gasteiger partial charge in [-0.15, -0.1) is 0 Å². The van der Waals surface area contributed by atoms with Crippen LogP contribution >= 0.6 is 12.2 Å². The Hall–Kier alpha value is -1.16. The van der Waals surface area contributed by atoms with Gasteiger partial charge in [0.1, 0.15) is 0 Å². The number of rotatable bonds is 3. The fourth-order valence-corrected chi connectivity index (χ4v) is 2.60. The molecular formula is C13H19N3S. The van der Waals surface area contributed by atoms with Crippen molar-refractivity contribution >= 4 is 23.4 Å². The molecular weight excluding hydrogens is 230 g/mol. The summed E-state index contributed by atoms with van der Waals surface area (Å²) in [5, 5.41) is 0. The van der Waals surface area contributed by atoms with Crippen molar-refractivity contribution in [3.63, 3.8) is 0 Å². The Bertz CT molecular complexity index is 590. The quantitative estimate of drug-likeness (QED) is 0.836. The minimum Gasteiger partial charge on any atom is -0.329 e. The minimum atomic E-state index is 0.0378. The standard InChI is InChI=1S/C13H19N3S/c1-5-13(4,6-2)16-11-10(15-12(16)17)9(3)7-8-14-11/h7-8H,5-6H2,1-4H3,(H,15,17). The van der Waals surface area contributed by atoms with Crippen LogP contribution in [0.1, 0.15) is 39.2 Å². The summed E-state index contributed by atoms with van der Waals surface area (Å²) >= 11 is 5.46. The van der Waals surface area contributed by atoms with Gasteiger partial charge in [-0.05, 0) is 50.5 Å². The Labute approximate surface area is 107 Å². The number of pyridine rings is 1. The first kappa shape index (κ1) is 12.3. The summed E-state index contributed by atoms with van der Waals surface area (Å²) < 4.78 is 2.94. The molecule has 0 aliphatic rings. The molecule has 0 atom stereocenters. The number of aromatic nitrogens is 3. The van der Waals surface area contributed by atoms with Crippen molar-refractivity contribution in [3.8, 4) is 0 Å². The molecule has 1 N–H and O–H groups in total. The van der Waals surface area contributed by atoms with Crippen LogP contribution in [0.5, 0.6) is 0 Å². The summed E-state index contributed by atoms with van der Waals surface area (Å²) in [5.41, 5.74) is 3.26. The number of aryl methyl sites for hydroxylation is 1. The topological polar surface area (TPSA) is 33.6 Å². The molecule has 0 unspecified atom stereocenters. The summed E-state index contributed by atoms with van der Waals surface area (Å²) in [7, 11) is 0. The molecule has 2 rings (SSSR count). The molecule has 0 bridgehead atoms. The molecule has 2 heterocycles. The van der Waals surface area contributed by atoms with Crippen molar-refractivity contribution in [2.24, 2.45) is 0 Å². The van der Waals surface area contributed by atoms with E-state index in [9.17, 15) is 0 Å². The van der Waals surface area contributed by atoms with E-state index in [1.54, 1.807) is 0 Å². The molecule has 92 valence electrons. The summed E-state index contributed by atoms with van der Waals surface area (Å²) in [5.74, 6) is 0. The van der Waals surface area contributed by atoms with E-state index in [-0.39, 0.29) is 5.54 Å². The van der Waals surface area contributed by atoms with Crippen LogP contribution in [0.3, 0.4) is 0 Å². The van der Waals surface area contributed by atoms with Crippen LogP contribution < -0.4 is 0 Å². The largest absolute Gasteiger partial charge is 0.329 e. The second-order valence-electron chi connectivity index (χ2n) is 4.80. The Morgan fingerprint density at radius 2 is 2.06 bits per heavy atom. The van der Waals surface area contributed by atoms with Crippen LogP contribution in [-0.2, 0) is 5.54 Å². The van der Waals surface area contributed by atoms with Gasteiger partial charge in [-0.2, -0.15) is 0 Å². The molecule has 17 heavy (non-hydrogen) atoms. The third-order valence-electron chi connectivity index (χ3n) is 3.85. The van der Waals surface area contributed by atoms with Crippen molar-refractivity contribution in [2.75, 3.05) is 0 Å². The molecule has 0 fully saturated rings. The predicted molar refractivity (Wildman–Crippen MR) is 73.9 cm³/mol. The Morgan fingerprint density at radius 3 is 2.65 bits per heavy atom. The Morgan fingerprint density at radius 1 is 1.41 bits per heavy atom. The van der Waals surface area contributed by atoms with Crippen molar-refractivity contribution in [3.05, 3.63) is 22.6 Å². The first-order valence-corrected chi connectivity index (χ1v) is 6.51. The lowest BCUT2D eigenvalue weighted by atomic mass is 9.95. The average Bonchev–Trinajstić information content (AvgIpc) is 2.67. The molecule has 0 spiro atoms. The number of imidazole rings is 1. The van der Waals surface area contributed by atoms with Gasteiger partial charge in [0.05, 0.1) is 5.52 Å². The highest BCUT2D eigenvalue weighted by Gasteiger charge is 2.25. The monoisotopic (exact) mass is 249 g/mol. The highest BCUT2D eigenvalue weighted by molar-refractivity contribution is 7.71. The van der Waals surface area contributed by atoms with E-state index >= 15 is 0 Å². The molecule has 0 aliphatic carbocycles. The fraction of sp³-hybridized carbons (Fsp3) is 0.538. The molecule has 4 heteroatoms. The predicted octanol–water partition coefficient (Wildman–Crippen LogP) is 3.94. The zero-order chi connectivity index (χ0) is 12.6. The molecule has 0 radical (unpaired) electrons. The molecule has 3 nitrogen and oxygen atoms in total. The highest BCUT2D eigenvalue weighted by atomic mass is 32.1. The van der Waals surface area contributed by atoms with Gasteiger partial charge < -0.3 is 4.98 Å². The number of hydrogen-bond acceptors (Lipinski definition) is 2. The molecule has 2 aromatic rings. The molecule has 0 aromatic carbocycles. The van der Waals surface area contributed by atoms with Crippen molar-refractivity contribution < 1.29 is 0 Å². The normalized spacial score (nSPS) is 12.2. The zero-order valence-electron chi connectivity index (χ0n) is 10.9. The van der Waals surface area contributed by atoms with E-state index in [4.69, 9.17) is 12.2 Å². The van der Waals surface area contributed by atoms with Crippen LogP contribution in [0.25, 0.3) is 11.2 Å². The van der Waals surface area contributed by atoms with Gasteiger partial charge in [-0.1, -0.05) is 13.8 Å². The summed E-state index contributed by atoms with van der Waals surface area (Å²) in [6.45, 7) is 8.70. The zero-order valence-corrected chi connectivity index (χ0v) is 11.7. The molecule has 0 amide bonds. The number of fused-ring (bicyclic) bond motifs is 1. The first-order chi connectivity index (χ1) is 8.03. The van der Waals surface area contributed by atoms with Crippen LogP contribution in [-0.4, -0.2) is 14.5 Å². The van der Waals surface area contributed by atoms with Crippen molar-refractivity contribution in [2.45, 2.75) is 46.1 Å². The number of H-pyrrole nitrogens is 1. The lowest BCUT2D eigenvalue weighted by Crippen LogP contribution is -2.28. The van der Waals surface area contributed by atoms with Gasteiger partial charge >= 0.3 is 0 Å². The smallest absolute Gasteiger partial charge is 0.179 e. The molecule has 0 saturated carbocycles. The summed E-state index contributed by atoms with van der Waals surface area (Å²) in [4.78, 5) is 7.77. The third-order valence-corrected chi connectivity index (χ3v) is 4.13. The van der Waals surface area contributed by atoms with E-state index in [0.717, 1.165) is 28.8 Å². The van der Waals surface area contributed by atoms with Crippen molar-refractivity contribution in [1.82, 2.24) is 14.5 Å². The van der Waals surface area contributed by atoms with E-state index in [1.165, 1.54) is 5.56 Å². The Balaban J connectivity index is 2.82. The van der Waals surface area contributed by atoms with E-state index in [2.05, 4.69) is 42.2 Å². The Kier molecular flexibility index (Phi) is 3.08. The maximum absolute atomic E-state index is 5.46. The van der Waals surface area contributed by atoms with Gasteiger partial charge in [0.25, 0.3) is 0 Å². The number of aromatic amines is 1. The van der Waals surface area contributed by atoms with Gasteiger partial charge in [-0.3, -0.25) is 4.57 Å². The van der Waals surface area contributed by atoms with E-state index in [0.29, 0.717) is 0 Å². The van der Waals surface area contributed by atoms with Crippen LogP contribution in [0.2, 0.25) is 0 Å². The SMILES string of the molecule is CCC(C)(CC)n1c(=S)[nH]c2c(C)ccnc21.